The summed E-state index contributed by atoms with van der Waals surface area (Å²) in [5.74, 6) is 0. The van der Waals surface area contributed by atoms with Gasteiger partial charge < -0.3 is 10.5 Å². The van der Waals surface area contributed by atoms with Crippen LogP contribution < -0.4 is 5.73 Å². The van der Waals surface area contributed by atoms with E-state index in [2.05, 4.69) is 48.5 Å². The van der Waals surface area contributed by atoms with Crippen molar-refractivity contribution >= 4 is 21.4 Å². The first-order valence-electron chi connectivity index (χ1n) is 6.56. The highest BCUT2D eigenvalue weighted by Gasteiger charge is 2.22. The number of rotatable bonds is 6. The Balaban J connectivity index is 2.31. The Morgan fingerprint density at radius 1 is 1.37 bits per heavy atom. The molecule has 1 heterocycles. The number of thiophene rings is 1. The van der Waals surface area contributed by atoms with Crippen molar-refractivity contribution in [2.75, 3.05) is 27.3 Å². The topological polar surface area (TPSA) is 38.5 Å². The zero-order valence-electron chi connectivity index (χ0n) is 11.8. The SMILES string of the molecule is COCC(C)N(C)C(CN)c1csc2ccccc12. The molecule has 2 aromatic rings. The van der Waals surface area contributed by atoms with Gasteiger partial charge in [-0.05, 0) is 36.4 Å². The molecule has 1 aromatic heterocycles. The zero-order chi connectivity index (χ0) is 13.8. The summed E-state index contributed by atoms with van der Waals surface area (Å²) in [6.07, 6.45) is 0. The molecule has 3 nitrogen and oxygen atoms in total. The van der Waals surface area contributed by atoms with Crippen molar-refractivity contribution in [3.05, 3.63) is 35.2 Å². The highest BCUT2D eigenvalue weighted by molar-refractivity contribution is 7.17. The molecular formula is C15H22N2OS. The van der Waals surface area contributed by atoms with Gasteiger partial charge in [-0.25, -0.2) is 0 Å². The van der Waals surface area contributed by atoms with E-state index in [-0.39, 0.29) is 6.04 Å². The van der Waals surface area contributed by atoms with Gasteiger partial charge in [-0.15, -0.1) is 11.3 Å². The Morgan fingerprint density at radius 2 is 2.11 bits per heavy atom. The number of nitrogens with two attached hydrogens (primary N) is 1. The summed E-state index contributed by atoms with van der Waals surface area (Å²) in [6.45, 7) is 3.50. The third-order valence-corrected chi connectivity index (χ3v) is 4.67. The van der Waals surface area contributed by atoms with Crippen molar-refractivity contribution in [3.63, 3.8) is 0 Å². The van der Waals surface area contributed by atoms with E-state index in [1.54, 1.807) is 18.4 Å². The van der Waals surface area contributed by atoms with Gasteiger partial charge in [0.1, 0.15) is 0 Å². The van der Waals surface area contributed by atoms with Crippen LogP contribution in [0.1, 0.15) is 18.5 Å². The van der Waals surface area contributed by atoms with Gasteiger partial charge in [-0.2, -0.15) is 0 Å². The smallest absolute Gasteiger partial charge is 0.0615 e. The first-order chi connectivity index (χ1) is 9.19. The van der Waals surface area contributed by atoms with Crippen molar-refractivity contribution in [3.8, 4) is 0 Å². The van der Waals surface area contributed by atoms with E-state index < -0.39 is 0 Å². The van der Waals surface area contributed by atoms with Crippen LogP contribution in [0.5, 0.6) is 0 Å². The molecule has 0 aliphatic rings. The molecule has 0 bridgehead atoms. The third-order valence-electron chi connectivity index (χ3n) is 3.69. The number of ether oxygens (including phenoxy) is 1. The van der Waals surface area contributed by atoms with Crippen LogP contribution in [0.3, 0.4) is 0 Å². The Kier molecular flexibility index (Phi) is 4.93. The largest absolute Gasteiger partial charge is 0.383 e. The molecule has 0 radical (unpaired) electrons. The molecule has 2 unspecified atom stereocenters. The lowest BCUT2D eigenvalue weighted by Crippen LogP contribution is -2.39. The summed E-state index contributed by atoms with van der Waals surface area (Å²) in [5, 5.41) is 3.55. The van der Waals surface area contributed by atoms with Crippen LogP contribution in [0.15, 0.2) is 29.6 Å². The Morgan fingerprint density at radius 3 is 2.79 bits per heavy atom. The van der Waals surface area contributed by atoms with E-state index in [1.807, 2.05) is 0 Å². The molecule has 2 atom stereocenters. The summed E-state index contributed by atoms with van der Waals surface area (Å²) in [7, 11) is 3.86. The fourth-order valence-electron chi connectivity index (χ4n) is 2.43. The minimum Gasteiger partial charge on any atom is -0.383 e. The van der Waals surface area contributed by atoms with Gasteiger partial charge in [-0.3, -0.25) is 4.90 Å². The minimum absolute atomic E-state index is 0.237. The second kappa shape index (κ2) is 6.48. The van der Waals surface area contributed by atoms with Crippen LogP contribution in [0, 0.1) is 0 Å². The fraction of sp³-hybridized carbons (Fsp3) is 0.467. The predicted octanol–water partition coefficient (Wildman–Crippen LogP) is 2.87. The Labute approximate surface area is 119 Å². The maximum Gasteiger partial charge on any atom is 0.0615 e. The normalized spacial score (nSPS) is 15.0. The maximum absolute atomic E-state index is 6.01. The van der Waals surface area contributed by atoms with E-state index >= 15 is 0 Å². The minimum atomic E-state index is 0.237. The molecule has 0 saturated carbocycles. The molecule has 0 fully saturated rings. The molecule has 2 N–H and O–H groups in total. The molecule has 0 aliphatic heterocycles. The summed E-state index contributed by atoms with van der Waals surface area (Å²) in [5.41, 5.74) is 7.34. The van der Waals surface area contributed by atoms with Crippen molar-refractivity contribution in [1.82, 2.24) is 4.90 Å². The standard InChI is InChI=1S/C15H22N2OS/c1-11(9-18-3)17(2)14(8-16)13-10-19-15-7-5-4-6-12(13)15/h4-7,10-11,14H,8-9,16H2,1-3H3. The van der Waals surface area contributed by atoms with Gasteiger partial charge >= 0.3 is 0 Å². The average Bonchev–Trinajstić information content (AvgIpc) is 2.84. The van der Waals surface area contributed by atoms with Crippen molar-refractivity contribution in [1.29, 1.82) is 0 Å². The molecule has 0 saturated heterocycles. The quantitative estimate of drug-likeness (QED) is 0.883. The fourth-order valence-corrected chi connectivity index (χ4v) is 3.44. The van der Waals surface area contributed by atoms with Gasteiger partial charge in [0, 0.05) is 30.4 Å². The van der Waals surface area contributed by atoms with Crippen LogP contribution in [-0.2, 0) is 4.74 Å². The van der Waals surface area contributed by atoms with Gasteiger partial charge in [0.15, 0.2) is 0 Å². The third kappa shape index (κ3) is 2.98. The van der Waals surface area contributed by atoms with E-state index in [0.29, 0.717) is 12.6 Å². The molecule has 4 heteroatoms. The van der Waals surface area contributed by atoms with Crippen molar-refractivity contribution in [2.45, 2.75) is 19.0 Å². The van der Waals surface area contributed by atoms with E-state index in [4.69, 9.17) is 10.5 Å². The van der Waals surface area contributed by atoms with E-state index in [1.165, 1.54) is 15.6 Å². The highest BCUT2D eigenvalue weighted by Crippen LogP contribution is 2.32. The number of likely N-dealkylation sites (N-methyl/N-ethyl adjacent to an activating group) is 1. The lowest BCUT2D eigenvalue weighted by Gasteiger charge is -2.32. The molecule has 2 rings (SSSR count). The second-order valence-corrected chi connectivity index (χ2v) is 5.82. The highest BCUT2D eigenvalue weighted by atomic mass is 32.1. The average molecular weight is 278 g/mol. The molecule has 104 valence electrons. The Bertz CT molecular complexity index is 526. The van der Waals surface area contributed by atoms with E-state index in [9.17, 15) is 0 Å². The lowest BCUT2D eigenvalue weighted by atomic mass is 10.0. The first-order valence-corrected chi connectivity index (χ1v) is 7.44. The molecule has 0 spiro atoms. The lowest BCUT2D eigenvalue weighted by molar-refractivity contribution is 0.0915. The summed E-state index contributed by atoms with van der Waals surface area (Å²) in [6, 6.07) is 9.09. The van der Waals surface area contributed by atoms with Crippen molar-refractivity contribution < 1.29 is 4.74 Å². The molecule has 1 aromatic carbocycles. The summed E-state index contributed by atoms with van der Waals surface area (Å²) in [4.78, 5) is 2.30. The monoisotopic (exact) mass is 278 g/mol. The van der Waals surface area contributed by atoms with Crippen LogP contribution in [0.2, 0.25) is 0 Å². The molecule has 0 amide bonds. The molecular weight excluding hydrogens is 256 g/mol. The number of fused-ring (bicyclic) bond motifs is 1. The van der Waals surface area contributed by atoms with Gasteiger partial charge in [0.25, 0.3) is 0 Å². The van der Waals surface area contributed by atoms with Crippen LogP contribution >= 0.6 is 11.3 Å². The second-order valence-electron chi connectivity index (χ2n) is 4.91. The molecule has 0 aliphatic carbocycles. The maximum atomic E-state index is 6.01. The number of hydrogen-bond acceptors (Lipinski definition) is 4. The van der Waals surface area contributed by atoms with E-state index in [0.717, 1.165) is 6.61 Å². The predicted molar refractivity (Wildman–Crippen MR) is 82.7 cm³/mol. The molecule has 19 heavy (non-hydrogen) atoms. The summed E-state index contributed by atoms with van der Waals surface area (Å²) < 4.78 is 6.57. The summed E-state index contributed by atoms with van der Waals surface area (Å²) >= 11 is 1.79. The van der Waals surface area contributed by atoms with Crippen molar-refractivity contribution in [2.24, 2.45) is 5.73 Å². The first kappa shape index (κ1) is 14.5. The Hall–Kier alpha value is -0.940. The van der Waals surface area contributed by atoms with Gasteiger partial charge in [-0.1, -0.05) is 18.2 Å². The number of methoxy groups -OCH3 is 1. The van der Waals surface area contributed by atoms with Crippen LogP contribution in [0.25, 0.3) is 10.1 Å². The van der Waals surface area contributed by atoms with Gasteiger partial charge in [0.2, 0.25) is 0 Å². The number of nitrogens with zero attached hydrogens (tertiary/aromatic N) is 1. The zero-order valence-corrected chi connectivity index (χ0v) is 12.6. The number of hydrogen-bond donors (Lipinski definition) is 1. The van der Waals surface area contributed by atoms with Gasteiger partial charge in [0.05, 0.1) is 6.61 Å². The number of benzene rings is 1. The van der Waals surface area contributed by atoms with Crippen LogP contribution in [0.4, 0.5) is 0 Å². The van der Waals surface area contributed by atoms with Crippen LogP contribution in [-0.4, -0.2) is 38.3 Å².